The monoisotopic (exact) mass is 353 g/mol. The molecule has 2 fully saturated rings. The van der Waals surface area contributed by atoms with E-state index < -0.39 is 5.41 Å². The number of ether oxygens (including phenoxy) is 1. The van der Waals surface area contributed by atoms with Crippen molar-refractivity contribution in [3.05, 3.63) is 53.9 Å². The molecule has 0 spiro atoms. The molecule has 5 nitrogen and oxygen atoms in total. The van der Waals surface area contributed by atoms with Gasteiger partial charge in [-0.25, -0.2) is 0 Å². The zero-order valence-electron chi connectivity index (χ0n) is 15.4. The van der Waals surface area contributed by atoms with Gasteiger partial charge in [0.25, 0.3) is 0 Å². The summed E-state index contributed by atoms with van der Waals surface area (Å²) in [6.07, 6.45) is 5.53. The summed E-state index contributed by atoms with van der Waals surface area (Å²) in [6, 6.07) is 12.4. The Hall–Kier alpha value is -2.14. The number of carbonyl (C=O) groups excluding carboxylic acids is 1. The standard InChI is InChI=1S/C21H27N3O2/c1-23-12-9-19(22-23)17-7-13-24(14-8-17)20(25)21(10-15-26-16-11-21)18-5-3-2-4-6-18/h2-6,9,12,17H,7-8,10-11,13-16H2,1H3. The minimum atomic E-state index is -0.419. The summed E-state index contributed by atoms with van der Waals surface area (Å²) in [6.45, 7) is 2.95. The third-order valence-electron chi connectivity index (χ3n) is 6.02. The van der Waals surface area contributed by atoms with Crippen LogP contribution < -0.4 is 0 Å². The lowest BCUT2D eigenvalue weighted by Gasteiger charge is -2.42. The quantitative estimate of drug-likeness (QED) is 0.852. The summed E-state index contributed by atoms with van der Waals surface area (Å²) in [5.41, 5.74) is 1.88. The van der Waals surface area contributed by atoms with Gasteiger partial charge in [-0.1, -0.05) is 30.3 Å². The number of benzene rings is 1. The van der Waals surface area contributed by atoms with Gasteiger partial charge in [-0.05, 0) is 37.3 Å². The van der Waals surface area contributed by atoms with Crippen molar-refractivity contribution < 1.29 is 9.53 Å². The van der Waals surface area contributed by atoms with Crippen molar-refractivity contribution in [2.75, 3.05) is 26.3 Å². The van der Waals surface area contributed by atoms with E-state index in [1.807, 2.05) is 36.1 Å². The van der Waals surface area contributed by atoms with Crippen LogP contribution in [0.2, 0.25) is 0 Å². The lowest BCUT2D eigenvalue weighted by molar-refractivity contribution is -0.142. The molecule has 0 radical (unpaired) electrons. The third kappa shape index (κ3) is 3.16. The van der Waals surface area contributed by atoms with E-state index in [2.05, 4.69) is 28.2 Å². The van der Waals surface area contributed by atoms with Crippen molar-refractivity contribution in [3.8, 4) is 0 Å². The summed E-state index contributed by atoms with van der Waals surface area (Å²) in [5.74, 6) is 0.745. The average Bonchev–Trinajstić information content (AvgIpc) is 3.15. The van der Waals surface area contributed by atoms with E-state index >= 15 is 0 Å². The molecule has 5 heteroatoms. The molecule has 0 saturated carbocycles. The van der Waals surface area contributed by atoms with Gasteiger partial charge in [0.1, 0.15) is 0 Å². The molecule has 2 aliphatic rings. The molecule has 138 valence electrons. The molecular formula is C21H27N3O2. The van der Waals surface area contributed by atoms with Crippen molar-refractivity contribution in [2.45, 2.75) is 37.0 Å². The zero-order chi connectivity index (χ0) is 18.0. The summed E-state index contributed by atoms with van der Waals surface area (Å²) >= 11 is 0. The van der Waals surface area contributed by atoms with E-state index in [1.54, 1.807) is 0 Å². The lowest BCUT2D eigenvalue weighted by atomic mass is 9.72. The van der Waals surface area contributed by atoms with Crippen LogP contribution in [0.3, 0.4) is 0 Å². The Balaban J connectivity index is 1.50. The van der Waals surface area contributed by atoms with Crippen molar-refractivity contribution >= 4 is 5.91 Å². The smallest absolute Gasteiger partial charge is 0.233 e. The Labute approximate surface area is 154 Å². The second-order valence-corrected chi connectivity index (χ2v) is 7.54. The van der Waals surface area contributed by atoms with Crippen LogP contribution in [0.25, 0.3) is 0 Å². The van der Waals surface area contributed by atoms with Crippen LogP contribution in [0.4, 0.5) is 0 Å². The maximum Gasteiger partial charge on any atom is 0.233 e. The van der Waals surface area contributed by atoms with Crippen LogP contribution >= 0.6 is 0 Å². The van der Waals surface area contributed by atoms with Crippen molar-refractivity contribution in [1.82, 2.24) is 14.7 Å². The largest absolute Gasteiger partial charge is 0.381 e. The van der Waals surface area contributed by atoms with Crippen LogP contribution in [0.1, 0.15) is 42.9 Å². The highest BCUT2D eigenvalue weighted by Gasteiger charge is 2.44. The van der Waals surface area contributed by atoms with Crippen LogP contribution in [-0.4, -0.2) is 46.9 Å². The molecule has 0 unspecified atom stereocenters. The number of hydrogen-bond acceptors (Lipinski definition) is 3. The van der Waals surface area contributed by atoms with Gasteiger partial charge in [0.2, 0.25) is 5.91 Å². The number of piperidine rings is 1. The van der Waals surface area contributed by atoms with Gasteiger partial charge >= 0.3 is 0 Å². The van der Waals surface area contributed by atoms with Crippen molar-refractivity contribution in [2.24, 2.45) is 7.05 Å². The maximum absolute atomic E-state index is 13.6. The van der Waals surface area contributed by atoms with Gasteiger partial charge in [-0.3, -0.25) is 9.48 Å². The summed E-state index contributed by atoms with van der Waals surface area (Å²) in [4.78, 5) is 15.7. The highest BCUT2D eigenvalue weighted by molar-refractivity contribution is 5.88. The Morgan fingerprint density at radius 1 is 1.12 bits per heavy atom. The number of amides is 1. The molecule has 0 aliphatic carbocycles. The molecule has 1 amide bonds. The molecule has 1 aromatic heterocycles. The van der Waals surface area contributed by atoms with Gasteiger partial charge in [-0.15, -0.1) is 0 Å². The van der Waals surface area contributed by atoms with E-state index in [0.717, 1.165) is 50.0 Å². The Bertz CT molecular complexity index is 742. The topological polar surface area (TPSA) is 47.4 Å². The second-order valence-electron chi connectivity index (χ2n) is 7.54. The van der Waals surface area contributed by atoms with Gasteiger partial charge in [0, 0.05) is 45.5 Å². The first-order valence-corrected chi connectivity index (χ1v) is 9.61. The van der Waals surface area contributed by atoms with E-state index in [1.165, 1.54) is 0 Å². The molecule has 2 aliphatic heterocycles. The highest BCUT2D eigenvalue weighted by Crippen LogP contribution is 2.38. The molecular weight excluding hydrogens is 326 g/mol. The number of nitrogens with zero attached hydrogens (tertiary/aromatic N) is 3. The molecule has 0 N–H and O–H groups in total. The SMILES string of the molecule is Cn1ccc(C2CCN(C(=O)C3(c4ccccc4)CCOCC3)CC2)n1. The Kier molecular flexibility index (Phi) is 4.81. The summed E-state index contributed by atoms with van der Waals surface area (Å²) in [7, 11) is 1.96. The molecule has 3 heterocycles. The van der Waals surface area contributed by atoms with Gasteiger partial charge < -0.3 is 9.64 Å². The summed E-state index contributed by atoms with van der Waals surface area (Å²) < 4.78 is 7.44. The van der Waals surface area contributed by atoms with E-state index in [9.17, 15) is 4.79 Å². The van der Waals surface area contributed by atoms with Crippen molar-refractivity contribution in [1.29, 1.82) is 0 Å². The van der Waals surface area contributed by atoms with E-state index in [0.29, 0.717) is 19.1 Å². The number of hydrogen-bond donors (Lipinski definition) is 0. The fourth-order valence-electron chi connectivity index (χ4n) is 4.43. The normalized spacial score (nSPS) is 20.9. The maximum atomic E-state index is 13.6. The lowest BCUT2D eigenvalue weighted by Crippen LogP contribution is -2.51. The third-order valence-corrected chi connectivity index (χ3v) is 6.02. The minimum absolute atomic E-state index is 0.284. The van der Waals surface area contributed by atoms with E-state index in [4.69, 9.17) is 4.74 Å². The number of aromatic nitrogens is 2. The first-order chi connectivity index (χ1) is 12.7. The zero-order valence-corrected chi connectivity index (χ0v) is 15.4. The molecule has 2 aromatic rings. The first-order valence-electron chi connectivity index (χ1n) is 9.61. The van der Waals surface area contributed by atoms with Crippen LogP contribution in [0.15, 0.2) is 42.6 Å². The van der Waals surface area contributed by atoms with Gasteiger partial charge in [0.05, 0.1) is 11.1 Å². The summed E-state index contributed by atoms with van der Waals surface area (Å²) in [5, 5.41) is 4.55. The molecule has 2 saturated heterocycles. The van der Waals surface area contributed by atoms with Gasteiger partial charge in [0.15, 0.2) is 0 Å². The van der Waals surface area contributed by atoms with Crippen LogP contribution in [-0.2, 0) is 22.0 Å². The number of aryl methyl sites for hydroxylation is 1. The number of likely N-dealkylation sites (tertiary alicyclic amines) is 1. The molecule has 1 aromatic carbocycles. The van der Waals surface area contributed by atoms with Crippen molar-refractivity contribution in [3.63, 3.8) is 0 Å². The van der Waals surface area contributed by atoms with Gasteiger partial charge in [-0.2, -0.15) is 5.10 Å². The molecule has 0 bridgehead atoms. The predicted molar refractivity (Wildman–Crippen MR) is 99.9 cm³/mol. The molecule has 0 atom stereocenters. The minimum Gasteiger partial charge on any atom is -0.381 e. The fraction of sp³-hybridized carbons (Fsp3) is 0.524. The molecule has 4 rings (SSSR count). The highest BCUT2D eigenvalue weighted by atomic mass is 16.5. The molecule has 26 heavy (non-hydrogen) atoms. The Morgan fingerprint density at radius 2 is 1.81 bits per heavy atom. The predicted octanol–water partition coefficient (Wildman–Crippen LogP) is 2.87. The van der Waals surface area contributed by atoms with Crippen LogP contribution in [0, 0.1) is 0 Å². The fourth-order valence-corrected chi connectivity index (χ4v) is 4.43. The first kappa shape index (κ1) is 17.3. The Morgan fingerprint density at radius 3 is 2.42 bits per heavy atom. The second kappa shape index (κ2) is 7.23. The van der Waals surface area contributed by atoms with E-state index in [-0.39, 0.29) is 5.91 Å². The number of carbonyl (C=O) groups is 1. The van der Waals surface area contributed by atoms with Crippen LogP contribution in [0.5, 0.6) is 0 Å². The number of rotatable bonds is 3. The average molecular weight is 353 g/mol.